The van der Waals surface area contributed by atoms with Gasteiger partial charge in [-0.15, -0.1) is 0 Å². The number of carbonyl (C=O) groups is 2. The third kappa shape index (κ3) is 3.78. The zero-order chi connectivity index (χ0) is 22.8. The lowest BCUT2D eigenvalue weighted by atomic mass is 9.99. The minimum absolute atomic E-state index is 0.343. The van der Waals surface area contributed by atoms with Crippen LogP contribution in [0.3, 0.4) is 0 Å². The number of anilines is 2. The highest BCUT2D eigenvalue weighted by molar-refractivity contribution is 6.46. The Morgan fingerprint density at radius 1 is 0.844 bits per heavy atom. The van der Waals surface area contributed by atoms with E-state index in [1.165, 1.54) is 4.90 Å². The van der Waals surface area contributed by atoms with Gasteiger partial charge in [0.15, 0.2) is 0 Å². The summed E-state index contributed by atoms with van der Waals surface area (Å²) in [6.45, 7) is 6.42. The Bertz CT molecular complexity index is 1210. The number of benzene rings is 3. The molecule has 0 saturated heterocycles. The van der Waals surface area contributed by atoms with Gasteiger partial charge in [0.2, 0.25) is 0 Å². The molecule has 0 aromatic heterocycles. The third-order valence-electron chi connectivity index (χ3n) is 5.72. The summed E-state index contributed by atoms with van der Waals surface area (Å²) < 4.78 is 5.59. The van der Waals surface area contributed by atoms with E-state index in [9.17, 15) is 9.59 Å². The summed E-state index contributed by atoms with van der Waals surface area (Å²) in [5.74, 6) is -0.0869. The van der Waals surface area contributed by atoms with Crippen molar-refractivity contribution < 1.29 is 14.3 Å². The predicted octanol–water partition coefficient (Wildman–Crippen LogP) is 5.12. The number of likely N-dealkylation sites (N-methyl/N-ethyl adjacent to an activating group) is 1. The Labute approximate surface area is 188 Å². The molecule has 0 bridgehead atoms. The minimum atomic E-state index is -0.358. The lowest BCUT2D eigenvalue weighted by Crippen LogP contribution is -2.34. The van der Waals surface area contributed by atoms with Gasteiger partial charge < -0.3 is 9.64 Å². The monoisotopic (exact) mass is 426 g/mol. The van der Waals surface area contributed by atoms with Crippen molar-refractivity contribution in [1.29, 1.82) is 0 Å². The fourth-order valence-corrected chi connectivity index (χ4v) is 3.88. The van der Waals surface area contributed by atoms with Gasteiger partial charge in [0.05, 0.1) is 17.9 Å². The molecule has 0 spiro atoms. The SMILES string of the molecule is CCOc1cccc(N2C(=O)C(c3ccc(C)c(C)c3)=C(N(C)c3ccccc3)C2=O)c1. The van der Waals surface area contributed by atoms with E-state index in [0.717, 1.165) is 22.4 Å². The highest BCUT2D eigenvalue weighted by atomic mass is 16.5. The first-order chi connectivity index (χ1) is 15.4. The normalized spacial score (nSPS) is 13.7. The molecule has 3 aromatic rings. The highest BCUT2D eigenvalue weighted by Crippen LogP contribution is 2.37. The molecular weight excluding hydrogens is 400 g/mol. The standard InChI is InChI=1S/C27H26N2O3/c1-5-32-23-13-9-12-22(17-23)29-26(30)24(20-15-14-18(2)19(3)16-20)25(27(29)31)28(4)21-10-7-6-8-11-21/h6-17H,5H2,1-4H3. The van der Waals surface area contributed by atoms with Crippen LogP contribution in [0.4, 0.5) is 11.4 Å². The predicted molar refractivity (Wildman–Crippen MR) is 128 cm³/mol. The fraction of sp³-hybridized carbons (Fsp3) is 0.185. The Morgan fingerprint density at radius 2 is 1.59 bits per heavy atom. The van der Waals surface area contributed by atoms with Crippen molar-refractivity contribution in [2.24, 2.45) is 0 Å². The van der Waals surface area contributed by atoms with E-state index in [0.29, 0.717) is 29.3 Å². The van der Waals surface area contributed by atoms with Crippen LogP contribution in [0.15, 0.2) is 78.5 Å². The quantitative estimate of drug-likeness (QED) is 0.513. The van der Waals surface area contributed by atoms with E-state index in [1.54, 1.807) is 23.1 Å². The molecule has 162 valence electrons. The zero-order valence-electron chi connectivity index (χ0n) is 18.8. The van der Waals surface area contributed by atoms with Crippen LogP contribution in [0.2, 0.25) is 0 Å². The van der Waals surface area contributed by atoms with Gasteiger partial charge >= 0.3 is 0 Å². The van der Waals surface area contributed by atoms with Crippen LogP contribution < -0.4 is 14.5 Å². The van der Waals surface area contributed by atoms with Crippen molar-refractivity contribution in [2.45, 2.75) is 20.8 Å². The molecule has 5 heteroatoms. The van der Waals surface area contributed by atoms with Crippen molar-refractivity contribution in [2.75, 3.05) is 23.5 Å². The summed E-state index contributed by atoms with van der Waals surface area (Å²) >= 11 is 0. The molecule has 4 rings (SSSR count). The van der Waals surface area contributed by atoms with Crippen LogP contribution in [-0.2, 0) is 9.59 Å². The van der Waals surface area contributed by atoms with Crippen molar-refractivity contribution >= 4 is 28.8 Å². The van der Waals surface area contributed by atoms with Crippen LogP contribution >= 0.6 is 0 Å². The maximum absolute atomic E-state index is 13.7. The summed E-state index contributed by atoms with van der Waals surface area (Å²) in [7, 11) is 1.82. The van der Waals surface area contributed by atoms with Gasteiger partial charge in [-0.1, -0.05) is 42.5 Å². The first-order valence-electron chi connectivity index (χ1n) is 10.6. The summed E-state index contributed by atoms with van der Waals surface area (Å²) in [6.07, 6.45) is 0. The van der Waals surface area contributed by atoms with E-state index >= 15 is 0 Å². The van der Waals surface area contributed by atoms with Crippen molar-refractivity contribution in [3.63, 3.8) is 0 Å². The van der Waals surface area contributed by atoms with Crippen LogP contribution in [0, 0.1) is 13.8 Å². The molecule has 2 amide bonds. The first kappa shape index (κ1) is 21.4. The number of para-hydroxylation sites is 1. The molecule has 32 heavy (non-hydrogen) atoms. The molecular formula is C27H26N2O3. The van der Waals surface area contributed by atoms with Crippen molar-refractivity contribution in [1.82, 2.24) is 0 Å². The third-order valence-corrected chi connectivity index (χ3v) is 5.72. The van der Waals surface area contributed by atoms with Gasteiger partial charge in [-0.3, -0.25) is 9.59 Å². The molecule has 0 saturated carbocycles. The smallest absolute Gasteiger partial charge is 0.282 e. The number of hydrogen-bond donors (Lipinski definition) is 0. The maximum Gasteiger partial charge on any atom is 0.282 e. The van der Waals surface area contributed by atoms with Gasteiger partial charge in [-0.2, -0.15) is 0 Å². The van der Waals surface area contributed by atoms with Crippen LogP contribution in [0.25, 0.3) is 5.57 Å². The summed E-state index contributed by atoms with van der Waals surface area (Å²) in [6, 6.07) is 22.5. The van der Waals surface area contributed by atoms with Gasteiger partial charge in [0.25, 0.3) is 11.8 Å². The van der Waals surface area contributed by atoms with Gasteiger partial charge in [0.1, 0.15) is 11.4 Å². The van der Waals surface area contributed by atoms with Crippen molar-refractivity contribution in [3.05, 3.63) is 95.2 Å². The van der Waals surface area contributed by atoms with Gasteiger partial charge in [-0.05, 0) is 61.7 Å². The second kappa shape index (κ2) is 8.71. The molecule has 1 aliphatic heterocycles. The Balaban J connectivity index is 1.87. The number of ether oxygens (including phenoxy) is 1. The number of amides is 2. The largest absolute Gasteiger partial charge is 0.494 e. The Morgan fingerprint density at radius 3 is 2.28 bits per heavy atom. The lowest BCUT2D eigenvalue weighted by molar-refractivity contribution is -0.120. The molecule has 3 aromatic carbocycles. The molecule has 5 nitrogen and oxygen atoms in total. The molecule has 0 unspecified atom stereocenters. The van der Waals surface area contributed by atoms with Crippen LogP contribution in [0.1, 0.15) is 23.6 Å². The van der Waals surface area contributed by atoms with E-state index in [4.69, 9.17) is 4.74 Å². The average molecular weight is 427 g/mol. The molecule has 0 N–H and O–H groups in total. The van der Waals surface area contributed by atoms with E-state index < -0.39 is 0 Å². The average Bonchev–Trinajstić information content (AvgIpc) is 3.06. The number of rotatable bonds is 6. The second-order valence-corrected chi connectivity index (χ2v) is 7.79. The zero-order valence-corrected chi connectivity index (χ0v) is 18.8. The molecule has 0 atom stereocenters. The number of hydrogen-bond acceptors (Lipinski definition) is 4. The van der Waals surface area contributed by atoms with Gasteiger partial charge in [-0.25, -0.2) is 4.90 Å². The van der Waals surface area contributed by atoms with Crippen LogP contribution in [-0.4, -0.2) is 25.5 Å². The number of imide groups is 1. The first-order valence-corrected chi connectivity index (χ1v) is 10.6. The summed E-state index contributed by atoms with van der Waals surface area (Å²) in [5.41, 5.74) is 4.99. The molecule has 0 fully saturated rings. The fourth-order valence-electron chi connectivity index (χ4n) is 3.88. The highest BCUT2D eigenvalue weighted by Gasteiger charge is 2.42. The molecule has 1 heterocycles. The summed E-state index contributed by atoms with van der Waals surface area (Å²) in [5, 5.41) is 0. The number of nitrogens with zero attached hydrogens (tertiary/aromatic N) is 2. The van der Waals surface area contributed by atoms with Gasteiger partial charge in [0, 0.05) is 18.8 Å². The van der Waals surface area contributed by atoms with E-state index in [1.807, 2.05) is 82.4 Å². The molecule has 0 aliphatic carbocycles. The second-order valence-electron chi connectivity index (χ2n) is 7.79. The Kier molecular flexibility index (Phi) is 5.82. The summed E-state index contributed by atoms with van der Waals surface area (Å²) in [4.78, 5) is 30.4. The molecule has 0 radical (unpaired) electrons. The van der Waals surface area contributed by atoms with Crippen molar-refractivity contribution in [3.8, 4) is 5.75 Å². The lowest BCUT2D eigenvalue weighted by Gasteiger charge is -2.22. The topological polar surface area (TPSA) is 49.9 Å². The van der Waals surface area contributed by atoms with E-state index in [2.05, 4.69) is 0 Å². The minimum Gasteiger partial charge on any atom is -0.494 e. The number of aryl methyl sites for hydroxylation is 2. The van der Waals surface area contributed by atoms with Crippen LogP contribution in [0.5, 0.6) is 5.75 Å². The Hall–Kier alpha value is -3.86. The van der Waals surface area contributed by atoms with E-state index in [-0.39, 0.29) is 11.8 Å². The number of carbonyl (C=O) groups excluding carboxylic acids is 2. The molecule has 1 aliphatic rings. The maximum atomic E-state index is 13.7.